The quantitative estimate of drug-likeness (QED) is 0.501. The third-order valence-corrected chi connectivity index (χ3v) is 5.00. The lowest BCUT2D eigenvalue weighted by Crippen LogP contribution is -2.30. The maximum Gasteiger partial charge on any atom is 0.265 e. The highest BCUT2D eigenvalue weighted by Gasteiger charge is 2.17. The topological polar surface area (TPSA) is 64.0 Å². The second-order valence-electron chi connectivity index (χ2n) is 6.43. The minimum atomic E-state index is -0.549. The van der Waals surface area contributed by atoms with E-state index in [0.717, 1.165) is 5.56 Å². The first-order valence-corrected chi connectivity index (χ1v) is 9.57. The standard InChI is InChI=1S/C22H15Cl2N3O2/c23-16-8-9-19(18(24)12-16)26-21(28)17-11-15-7-4-10-25-20(15)27(22(17)29)13-14-5-2-1-3-6-14/h1-12H,13H2,(H,26,28). The van der Waals surface area contributed by atoms with Crippen LogP contribution in [0.4, 0.5) is 5.69 Å². The highest BCUT2D eigenvalue weighted by Crippen LogP contribution is 2.26. The molecule has 2 aromatic carbocycles. The summed E-state index contributed by atoms with van der Waals surface area (Å²) in [5, 5.41) is 4.12. The molecule has 0 unspecified atom stereocenters. The van der Waals surface area contributed by atoms with Gasteiger partial charge in [0.25, 0.3) is 11.5 Å². The molecule has 0 bridgehead atoms. The summed E-state index contributed by atoms with van der Waals surface area (Å²) in [6.07, 6.45) is 1.62. The smallest absolute Gasteiger partial charge is 0.265 e. The summed E-state index contributed by atoms with van der Waals surface area (Å²) in [7, 11) is 0. The van der Waals surface area contributed by atoms with E-state index in [0.29, 0.717) is 28.3 Å². The monoisotopic (exact) mass is 423 g/mol. The molecule has 0 aliphatic rings. The number of nitrogens with zero attached hydrogens (tertiary/aromatic N) is 2. The molecule has 5 nitrogen and oxygen atoms in total. The van der Waals surface area contributed by atoms with Gasteiger partial charge in [0.1, 0.15) is 11.2 Å². The van der Waals surface area contributed by atoms with Gasteiger partial charge in [-0.25, -0.2) is 4.98 Å². The lowest BCUT2D eigenvalue weighted by molar-refractivity contribution is 0.102. The lowest BCUT2D eigenvalue weighted by Gasteiger charge is -2.13. The number of benzene rings is 2. The van der Waals surface area contributed by atoms with Gasteiger partial charge in [-0.1, -0.05) is 53.5 Å². The molecule has 0 fully saturated rings. The van der Waals surface area contributed by atoms with Crippen LogP contribution in [-0.4, -0.2) is 15.5 Å². The fraction of sp³-hybridized carbons (Fsp3) is 0.0455. The molecule has 0 atom stereocenters. The number of halogens is 2. The molecule has 4 rings (SSSR count). The van der Waals surface area contributed by atoms with Crippen LogP contribution in [0.5, 0.6) is 0 Å². The van der Waals surface area contributed by atoms with Crippen molar-refractivity contribution in [2.75, 3.05) is 5.32 Å². The molecule has 2 aromatic heterocycles. The van der Waals surface area contributed by atoms with Gasteiger partial charge in [-0.15, -0.1) is 0 Å². The molecule has 0 spiro atoms. The Morgan fingerprint density at radius 1 is 1.00 bits per heavy atom. The number of nitrogens with one attached hydrogen (secondary N) is 1. The van der Waals surface area contributed by atoms with Gasteiger partial charge in [-0.2, -0.15) is 0 Å². The minimum absolute atomic E-state index is 0.00690. The largest absolute Gasteiger partial charge is 0.320 e. The van der Waals surface area contributed by atoms with Crippen LogP contribution in [0.3, 0.4) is 0 Å². The van der Waals surface area contributed by atoms with Crippen molar-refractivity contribution in [2.24, 2.45) is 0 Å². The third-order valence-electron chi connectivity index (χ3n) is 4.46. The molecule has 29 heavy (non-hydrogen) atoms. The van der Waals surface area contributed by atoms with Crippen molar-refractivity contribution < 1.29 is 4.79 Å². The first-order chi connectivity index (χ1) is 14.0. The number of hydrogen-bond acceptors (Lipinski definition) is 3. The molecule has 144 valence electrons. The van der Waals surface area contributed by atoms with Crippen LogP contribution in [-0.2, 0) is 6.54 Å². The molecule has 0 aliphatic carbocycles. The van der Waals surface area contributed by atoms with E-state index in [-0.39, 0.29) is 10.6 Å². The first-order valence-electron chi connectivity index (χ1n) is 8.82. The number of hydrogen-bond donors (Lipinski definition) is 1. The zero-order valence-corrected chi connectivity index (χ0v) is 16.6. The van der Waals surface area contributed by atoms with Gasteiger partial charge in [0.05, 0.1) is 17.3 Å². The van der Waals surface area contributed by atoms with Gasteiger partial charge in [0.15, 0.2) is 0 Å². The zero-order valence-electron chi connectivity index (χ0n) is 15.1. The van der Waals surface area contributed by atoms with Gasteiger partial charge in [-0.3, -0.25) is 14.2 Å². The number of fused-ring (bicyclic) bond motifs is 1. The Hall–Kier alpha value is -3.15. The summed E-state index contributed by atoms with van der Waals surface area (Å²) in [6.45, 7) is 0.302. The van der Waals surface area contributed by atoms with E-state index in [4.69, 9.17) is 23.2 Å². The van der Waals surface area contributed by atoms with Crippen molar-refractivity contribution in [3.8, 4) is 0 Å². The summed E-state index contributed by atoms with van der Waals surface area (Å²) in [5.74, 6) is -0.549. The molecular formula is C22H15Cl2N3O2. The van der Waals surface area contributed by atoms with Crippen molar-refractivity contribution in [1.82, 2.24) is 9.55 Å². The van der Waals surface area contributed by atoms with Crippen LogP contribution < -0.4 is 10.9 Å². The molecule has 0 saturated carbocycles. The Morgan fingerprint density at radius 2 is 1.79 bits per heavy atom. The molecule has 0 saturated heterocycles. The van der Waals surface area contributed by atoms with Crippen LogP contribution in [0.1, 0.15) is 15.9 Å². The van der Waals surface area contributed by atoms with Gasteiger partial charge in [0, 0.05) is 16.6 Å². The van der Waals surface area contributed by atoms with E-state index in [1.165, 1.54) is 10.6 Å². The molecule has 7 heteroatoms. The summed E-state index contributed by atoms with van der Waals surface area (Å²) in [6, 6.07) is 19.4. The Morgan fingerprint density at radius 3 is 2.55 bits per heavy atom. The number of carbonyl (C=O) groups is 1. The number of carbonyl (C=O) groups excluding carboxylic acids is 1. The van der Waals surface area contributed by atoms with Crippen LogP contribution in [0.2, 0.25) is 10.0 Å². The maximum absolute atomic E-state index is 13.2. The maximum atomic E-state index is 13.2. The Labute approximate surface area is 176 Å². The van der Waals surface area contributed by atoms with E-state index in [9.17, 15) is 9.59 Å². The molecule has 1 N–H and O–H groups in total. The van der Waals surface area contributed by atoms with Crippen LogP contribution in [0.25, 0.3) is 11.0 Å². The second kappa shape index (κ2) is 8.07. The number of rotatable bonds is 4. The van der Waals surface area contributed by atoms with Crippen molar-refractivity contribution in [3.63, 3.8) is 0 Å². The average molecular weight is 424 g/mol. The summed E-state index contributed by atoms with van der Waals surface area (Å²) in [5.41, 5.74) is 1.40. The average Bonchev–Trinajstić information content (AvgIpc) is 2.72. The van der Waals surface area contributed by atoms with Gasteiger partial charge in [-0.05, 0) is 42.0 Å². The van der Waals surface area contributed by atoms with E-state index < -0.39 is 11.5 Å². The Bertz CT molecular complexity index is 1270. The van der Waals surface area contributed by atoms with E-state index in [2.05, 4.69) is 10.3 Å². The summed E-state index contributed by atoms with van der Waals surface area (Å²) >= 11 is 12.0. The zero-order chi connectivity index (χ0) is 20.4. The predicted molar refractivity (Wildman–Crippen MR) is 116 cm³/mol. The van der Waals surface area contributed by atoms with Crippen LogP contribution >= 0.6 is 23.2 Å². The van der Waals surface area contributed by atoms with Gasteiger partial charge < -0.3 is 5.32 Å². The second-order valence-corrected chi connectivity index (χ2v) is 7.27. The van der Waals surface area contributed by atoms with Crippen molar-refractivity contribution >= 4 is 45.8 Å². The molecular weight excluding hydrogens is 409 g/mol. The molecule has 0 aliphatic heterocycles. The van der Waals surface area contributed by atoms with Crippen molar-refractivity contribution in [1.29, 1.82) is 0 Å². The van der Waals surface area contributed by atoms with Crippen molar-refractivity contribution in [2.45, 2.75) is 6.54 Å². The van der Waals surface area contributed by atoms with E-state index in [1.54, 1.807) is 30.5 Å². The number of anilines is 1. The van der Waals surface area contributed by atoms with E-state index >= 15 is 0 Å². The molecule has 4 aromatic rings. The number of pyridine rings is 2. The highest BCUT2D eigenvalue weighted by atomic mass is 35.5. The molecule has 0 radical (unpaired) electrons. The normalized spacial score (nSPS) is 10.8. The fourth-order valence-electron chi connectivity index (χ4n) is 3.06. The highest BCUT2D eigenvalue weighted by molar-refractivity contribution is 6.36. The number of aromatic nitrogens is 2. The predicted octanol–water partition coefficient (Wildman–Crippen LogP) is 5.00. The van der Waals surface area contributed by atoms with Crippen LogP contribution in [0, 0.1) is 0 Å². The Kier molecular flexibility index (Phi) is 5.34. The fourth-order valence-corrected chi connectivity index (χ4v) is 3.52. The summed E-state index contributed by atoms with van der Waals surface area (Å²) < 4.78 is 1.50. The first kappa shape index (κ1) is 19.2. The third kappa shape index (κ3) is 4.01. The van der Waals surface area contributed by atoms with Crippen LogP contribution in [0.15, 0.2) is 77.7 Å². The minimum Gasteiger partial charge on any atom is -0.320 e. The van der Waals surface area contributed by atoms with E-state index in [1.807, 2.05) is 36.4 Å². The Balaban J connectivity index is 1.79. The summed E-state index contributed by atoms with van der Waals surface area (Å²) in [4.78, 5) is 30.4. The SMILES string of the molecule is O=C(Nc1ccc(Cl)cc1Cl)c1cc2cccnc2n(Cc2ccccc2)c1=O. The van der Waals surface area contributed by atoms with Crippen molar-refractivity contribution in [3.05, 3.63) is 104 Å². The van der Waals surface area contributed by atoms with Gasteiger partial charge in [0.2, 0.25) is 0 Å². The number of amides is 1. The molecule has 1 amide bonds. The lowest BCUT2D eigenvalue weighted by atomic mass is 10.1. The molecule has 2 heterocycles. The van der Waals surface area contributed by atoms with Gasteiger partial charge >= 0.3 is 0 Å².